The highest BCUT2D eigenvalue weighted by Gasteiger charge is 2.24. The van der Waals surface area contributed by atoms with Crippen LogP contribution in [0.1, 0.15) is 59.8 Å². The Morgan fingerprint density at radius 2 is 1.88 bits per heavy atom. The lowest BCUT2D eigenvalue weighted by molar-refractivity contribution is -0.123. The Morgan fingerprint density at radius 3 is 2.47 bits per heavy atom. The van der Waals surface area contributed by atoms with Gasteiger partial charge in [0.05, 0.1) is 0 Å². The Kier molecular flexibility index (Phi) is 6.18. The lowest BCUT2D eigenvalue weighted by atomic mass is 9.97. The predicted molar refractivity (Wildman–Crippen MR) is 73.1 cm³/mol. The third-order valence-corrected chi connectivity index (χ3v) is 3.72. The molecule has 1 atom stereocenters. The van der Waals surface area contributed by atoms with Gasteiger partial charge >= 0.3 is 0 Å². The second kappa shape index (κ2) is 7.15. The number of rotatable bonds is 5. The first-order valence-electron chi connectivity index (χ1n) is 7.27. The van der Waals surface area contributed by atoms with E-state index >= 15 is 0 Å². The first-order valence-corrected chi connectivity index (χ1v) is 7.27. The summed E-state index contributed by atoms with van der Waals surface area (Å²) in [5.41, 5.74) is 0. The van der Waals surface area contributed by atoms with E-state index in [-0.39, 0.29) is 0 Å². The maximum Gasteiger partial charge on any atom is 0.137 e. The summed E-state index contributed by atoms with van der Waals surface area (Å²) in [6, 6.07) is 0.549. The molecule has 17 heavy (non-hydrogen) atoms. The summed E-state index contributed by atoms with van der Waals surface area (Å²) < 4.78 is 0. The molecular weight excluding hydrogens is 210 g/mol. The van der Waals surface area contributed by atoms with E-state index in [1.165, 1.54) is 12.8 Å². The largest absolute Gasteiger partial charge is 0.300 e. The second-order valence-electron chi connectivity index (χ2n) is 6.20. The van der Waals surface area contributed by atoms with Crippen LogP contribution in [0.2, 0.25) is 0 Å². The Hall–Kier alpha value is -0.370. The molecule has 100 valence electrons. The van der Waals surface area contributed by atoms with Crippen molar-refractivity contribution < 1.29 is 4.79 Å². The number of ketones is 1. The molecule has 0 spiro atoms. The van der Waals surface area contributed by atoms with E-state index in [0.717, 1.165) is 32.4 Å². The van der Waals surface area contributed by atoms with Crippen molar-refractivity contribution in [2.75, 3.05) is 13.1 Å². The van der Waals surface area contributed by atoms with Gasteiger partial charge in [0.15, 0.2) is 0 Å². The summed E-state index contributed by atoms with van der Waals surface area (Å²) in [5, 5.41) is 0. The summed E-state index contributed by atoms with van der Waals surface area (Å²) in [4.78, 5) is 14.5. The highest BCUT2D eigenvalue weighted by Crippen LogP contribution is 2.22. The molecule has 1 unspecified atom stereocenters. The molecular formula is C15H29NO. The van der Waals surface area contributed by atoms with Crippen LogP contribution in [0.4, 0.5) is 0 Å². The summed E-state index contributed by atoms with van der Waals surface area (Å²) in [7, 11) is 0. The van der Waals surface area contributed by atoms with Gasteiger partial charge in [-0.3, -0.25) is 9.69 Å². The van der Waals surface area contributed by atoms with Crippen molar-refractivity contribution in [3.8, 4) is 0 Å². The molecule has 0 bridgehead atoms. The number of Topliss-reactive ketones (excluding diaryl/α,β-unsaturated/α-hetero) is 1. The van der Waals surface area contributed by atoms with Gasteiger partial charge in [0.1, 0.15) is 5.78 Å². The van der Waals surface area contributed by atoms with Crippen molar-refractivity contribution >= 4 is 5.78 Å². The molecule has 0 saturated heterocycles. The molecule has 0 radical (unpaired) electrons. The molecule has 1 aliphatic rings. The number of hydrogen-bond donors (Lipinski definition) is 0. The summed E-state index contributed by atoms with van der Waals surface area (Å²) in [5.74, 6) is 1.49. The van der Waals surface area contributed by atoms with Gasteiger partial charge in [0.2, 0.25) is 0 Å². The molecule has 2 heteroatoms. The fraction of sp³-hybridized carbons (Fsp3) is 0.933. The Balaban J connectivity index is 2.54. The number of nitrogens with zero attached hydrogens (tertiary/aromatic N) is 1. The second-order valence-corrected chi connectivity index (χ2v) is 6.20. The number of carbonyl (C=O) groups is 1. The van der Waals surface area contributed by atoms with E-state index < -0.39 is 0 Å². The summed E-state index contributed by atoms with van der Waals surface area (Å²) in [6.07, 6.45) is 5.53. The molecule has 1 fully saturated rings. The maximum absolute atomic E-state index is 12.0. The van der Waals surface area contributed by atoms with Crippen LogP contribution in [-0.4, -0.2) is 29.8 Å². The standard InChI is InChI=1S/C15H29NO/c1-12(2)10-16(13(3)4)11-14-8-6-5-7-9-15(14)17/h12-14H,5-11H2,1-4H3. The molecule has 0 aromatic heterocycles. The van der Waals surface area contributed by atoms with Gasteiger partial charge in [-0.15, -0.1) is 0 Å². The Labute approximate surface area is 107 Å². The first-order chi connectivity index (χ1) is 8.00. The Bertz CT molecular complexity index is 235. The van der Waals surface area contributed by atoms with Gasteiger partial charge < -0.3 is 0 Å². The van der Waals surface area contributed by atoms with Crippen LogP contribution in [0.3, 0.4) is 0 Å². The fourth-order valence-corrected chi connectivity index (χ4v) is 2.67. The van der Waals surface area contributed by atoms with E-state index in [2.05, 4.69) is 32.6 Å². The zero-order valence-electron chi connectivity index (χ0n) is 12.0. The predicted octanol–water partition coefficient (Wildman–Crippen LogP) is 3.50. The van der Waals surface area contributed by atoms with E-state index in [4.69, 9.17) is 0 Å². The fourth-order valence-electron chi connectivity index (χ4n) is 2.67. The SMILES string of the molecule is CC(C)CN(CC1CCCCCC1=O)C(C)C. The van der Waals surface area contributed by atoms with E-state index in [0.29, 0.717) is 23.7 Å². The molecule has 0 aromatic carbocycles. The topological polar surface area (TPSA) is 20.3 Å². The minimum atomic E-state index is 0.304. The minimum absolute atomic E-state index is 0.304. The normalized spacial score (nSPS) is 22.5. The van der Waals surface area contributed by atoms with Crippen LogP contribution < -0.4 is 0 Å². The number of carbonyl (C=O) groups excluding carboxylic acids is 1. The van der Waals surface area contributed by atoms with Gasteiger partial charge in [0.25, 0.3) is 0 Å². The van der Waals surface area contributed by atoms with Gasteiger partial charge in [-0.25, -0.2) is 0 Å². The summed E-state index contributed by atoms with van der Waals surface area (Å²) >= 11 is 0. The van der Waals surface area contributed by atoms with Crippen LogP contribution in [0.15, 0.2) is 0 Å². The van der Waals surface area contributed by atoms with Gasteiger partial charge in [-0.05, 0) is 32.6 Å². The molecule has 0 heterocycles. The van der Waals surface area contributed by atoms with Crippen LogP contribution in [-0.2, 0) is 4.79 Å². The van der Waals surface area contributed by atoms with Gasteiger partial charge in [-0.2, -0.15) is 0 Å². The zero-order chi connectivity index (χ0) is 12.8. The molecule has 0 aromatic rings. The van der Waals surface area contributed by atoms with Gasteiger partial charge in [-0.1, -0.05) is 26.7 Å². The van der Waals surface area contributed by atoms with Crippen molar-refractivity contribution in [2.24, 2.45) is 11.8 Å². The smallest absolute Gasteiger partial charge is 0.137 e. The first kappa shape index (κ1) is 14.7. The van der Waals surface area contributed by atoms with Crippen LogP contribution >= 0.6 is 0 Å². The lowest BCUT2D eigenvalue weighted by Crippen LogP contribution is -2.39. The molecule has 0 amide bonds. The van der Waals surface area contributed by atoms with Crippen LogP contribution in [0.5, 0.6) is 0 Å². The van der Waals surface area contributed by atoms with E-state index in [1.54, 1.807) is 0 Å². The van der Waals surface area contributed by atoms with Gasteiger partial charge in [0, 0.05) is 31.5 Å². The third-order valence-electron chi connectivity index (χ3n) is 3.72. The summed E-state index contributed by atoms with van der Waals surface area (Å²) in [6.45, 7) is 11.1. The van der Waals surface area contributed by atoms with Crippen LogP contribution in [0, 0.1) is 11.8 Å². The molecule has 0 N–H and O–H groups in total. The molecule has 1 rings (SSSR count). The van der Waals surface area contributed by atoms with Crippen molar-refractivity contribution in [2.45, 2.75) is 65.8 Å². The Morgan fingerprint density at radius 1 is 1.18 bits per heavy atom. The average molecular weight is 239 g/mol. The van der Waals surface area contributed by atoms with Crippen molar-refractivity contribution in [3.63, 3.8) is 0 Å². The molecule has 0 aliphatic heterocycles. The minimum Gasteiger partial charge on any atom is -0.300 e. The highest BCUT2D eigenvalue weighted by molar-refractivity contribution is 5.81. The highest BCUT2D eigenvalue weighted by atomic mass is 16.1. The third kappa shape index (κ3) is 5.20. The molecule has 1 saturated carbocycles. The zero-order valence-corrected chi connectivity index (χ0v) is 12.0. The maximum atomic E-state index is 12.0. The molecule has 1 aliphatic carbocycles. The lowest BCUT2D eigenvalue weighted by Gasteiger charge is -2.31. The van der Waals surface area contributed by atoms with Crippen molar-refractivity contribution in [1.29, 1.82) is 0 Å². The average Bonchev–Trinajstić information content (AvgIpc) is 2.42. The van der Waals surface area contributed by atoms with E-state index in [9.17, 15) is 4.79 Å². The van der Waals surface area contributed by atoms with Crippen molar-refractivity contribution in [3.05, 3.63) is 0 Å². The monoisotopic (exact) mass is 239 g/mol. The number of hydrogen-bond acceptors (Lipinski definition) is 2. The van der Waals surface area contributed by atoms with Crippen LogP contribution in [0.25, 0.3) is 0 Å². The van der Waals surface area contributed by atoms with E-state index in [1.807, 2.05) is 0 Å². The molecule has 2 nitrogen and oxygen atoms in total. The quantitative estimate of drug-likeness (QED) is 0.684. The van der Waals surface area contributed by atoms with Crippen molar-refractivity contribution in [1.82, 2.24) is 4.90 Å².